The molecule has 23 heavy (non-hydrogen) atoms. The highest BCUT2D eigenvalue weighted by molar-refractivity contribution is 5.94. The molecule has 2 unspecified atom stereocenters. The minimum absolute atomic E-state index is 0.136. The molecule has 1 aromatic carbocycles. The number of benzene rings is 1. The van der Waals surface area contributed by atoms with E-state index < -0.39 is 17.2 Å². The van der Waals surface area contributed by atoms with E-state index >= 15 is 0 Å². The molecule has 0 saturated heterocycles. The van der Waals surface area contributed by atoms with Gasteiger partial charge in [0.25, 0.3) is 5.91 Å². The highest BCUT2D eigenvalue weighted by atomic mass is 16.3. The number of rotatable bonds is 4. The van der Waals surface area contributed by atoms with Crippen LogP contribution in [0.3, 0.4) is 0 Å². The normalized spacial score (nSPS) is 28.7. The topological polar surface area (TPSA) is 78.4 Å². The fourth-order valence-corrected chi connectivity index (χ4v) is 4.16. The number of hydrogen-bond acceptors (Lipinski definition) is 3. The molecule has 1 aromatic rings. The molecule has 2 atom stereocenters. The molecule has 0 aliphatic heterocycles. The molecule has 0 heterocycles. The number of carbonyl (C=O) groups excluding carboxylic acids is 2. The largest absolute Gasteiger partial charge is 0.388 e. The zero-order valence-corrected chi connectivity index (χ0v) is 14.2. The van der Waals surface area contributed by atoms with Gasteiger partial charge in [0.15, 0.2) is 0 Å². The number of aliphatic hydroxyl groups excluding tert-OH is 1. The lowest BCUT2D eigenvalue weighted by atomic mass is 9.59. The second kappa shape index (κ2) is 5.96. The van der Waals surface area contributed by atoms with E-state index in [1.165, 1.54) is 0 Å². The number of aliphatic hydroxyl groups is 1. The summed E-state index contributed by atoms with van der Waals surface area (Å²) in [4.78, 5) is 23.8. The summed E-state index contributed by atoms with van der Waals surface area (Å²) in [6.45, 7) is 8.07. The number of hydrogen-bond donors (Lipinski definition) is 3. The SMILES string of the molecule is CC1(C)CC(C)(C)C(O)C(NC=O)(NC(=O)c2ccccc2)C1. The Hall–Kier alpha value is -1.88. The van der Waals surface area contributed by atoms with Crippen LogP contribution in [0.5, 0.6) is 0 Å². The lowest BCUT2D eigenvalue weighted by Crippen LogP contribution is -2.72. The third-order valence-electron chi connectivity index (χ3n) is 4.59. The van der Waals surface area contributed by atoms with Crippen LogP contribution in [0.25, 0.3) is 0 Å². The maximum absolute atomic E-state index is 12.6. The van der Waals surface area contributed by atoms with E-state index in [2.05, 4.69) is 24.5 Å². The minimum atomic E-state index is -1.18. The first-order valence-electron chi connectivity index (χ1n) is 7.89. The first-order valence-corrected chi connectivity index (χ1v) is 7.89. The Kier molecular flexibility index (Phi) is 4.53. The number of nitrogens with one attached hydrogen (secondary N) is 2. The van der Waals surface area contributed by atoms with Crippen LogP contribution in [-0.2, 0) is 4.79 Å². The van der Waals surface area contributed by atoms with E-state index in [1.54, 1.807) is 24.3 Å². The first kappa shape index (κ1) is 17.5. The Labute approximate surface area is 137 Å². The van der Waals surface area contributed by atoms with Gasteiger partial charge in [0, 0.05) is 5.56 Å². The smallest absolute Gasteiger partial charge is 0.253 e. The van der Waals surface area contributed by atoms with Crippen LogP contribution in [0.2, 0.25) is 0 Å². The number of amides is 2. The van der Waals surface area contributed by atoms with Crippen molar-refractivity contribution in [3.8, 4) is 0 Å². The van der Waals surface area contributed by atoms with Crippen molar-refractivity contribution in [2.45, 2.75) is 52.3 Å². The Morgan fingerprint density at radius 2 is 1.78 bits per heavy atom. The molecule has 0 bridgehead atoms. The Balaban J connectivity index is 2.37. The summed E-state index contributed by atoms with van der Waals surface area (Å²) in [5.74, 6) is -0.312. The molecule has 0 spiro atoms. The molecule has 0 aromatic heterocycles. The van der Waals surface area contributed by atoms with Crippen molar-refractivity contribution < 1.29 is 14.7 Å². The highest BCUT2D eigenvalue weighted by Gasteiger charge is 2.55. The van der Waals surface area contributed by atoms with Gasteiger partial charge >= 0.3 is 0 Å². The van der Waals surface area contributed by atoms with Gasteiger partial charge in [-0.15, -0.1) is 0 Å². The van der Waals surface area contributed by atoms with Crippen molar-refractivity contribution in [1.82, 2.24) is 10.6 Å². The van der Waals surface area contributed by atoms with Gasteiger partial charge < -0.3 is 15.7 Å². The molecule has 1 aliphatic rings. The maximum atomic E-state index is 12.6. The van der Waals surface area contributed by atoms with Crippen LogP contribution in [0, 0.1) is 10.8 Å². The lowest BCUT2D eigenvalue weighted by Gasteiger charge is -2.55. The fourth-order valence-electron chi connectivity index (χ4n) is 4.16. The van der Waals surface area contributed by atoms with E-state index in [0.717, 1.165) is 6.42 Å². The predicted octanol–water partition coefficient (Wildman–Crippen LogP) is 2.07. The zero-order valence-electron chi connectivity index (χ0n) is 14.2. The molecule has 1 aliphatic carbocycles. The van der Waals surface area contributed by atoms with Crippen molar-refractivity contribution in [2.75, 3.05) is 0 Å². The molecular formula is C18H26N2O3. The van der Waals surface area contributed by atoms with E-state index in [1.807, 2.05) is 19.9 Å². The summed E-state index contributed by atoms with van der Waals surface area (Å²) in [6, 6.07) is 8.79. The average Bonchev–Trinajstić information content (AvgIpc) is 2.44. The summed E-state index contributed by atoms with van der Waals surface area (Å²) in [6.07, 6.45) is 0.916. The van der Waals surface area contributed by atoms with Gasteiger partial charge in [-0.05, 0) is 35.8 Å². The van der Waals surface area contributed by atoms with Crippen molar-refractivity contribution in [3.05, 3.63) is 35.9 Å². The van der Waals surface area contributed by atoms with E-state index in [0.29, 0.717) is 18.4 Å². The van der Waals surface area contributed by atoms with Crippen LogP contribution in [-0.4, -0.2) is 29.2 Å². The fraction of sp³-hybridized carbons (Fsp3) is 0.556. The second-order valence-corrected chi connectivity index (χ2v) is 7.96. The van der Waals surface area contributed by atoms with Crippen LogP contribution in [0.4, 0.5) is 0 Å². The van der Waals surface area contributed by atoms with Crippen LogP contribution < -0.4 is 10.6 Å². The number of carbonyl (C=O) groups is 2. The van der Waals surface area contributed by atoms with Gasteiger partial charge in [-0.2, -0.15) is 0 Å². The van der Waals surface area contributed by atoms with Crippen LogP contribution in [0.1, 0.15) is 50.9 Å². The molecule has 5 nitrogen and oxygen atoms in total. The minimum Gasteiger partial charge on any atom is -0.388 e. The van der Waals surface area contributed by atoms with E-state index in [-0.39, 0.29) is 11.3 Å². The highest BCUT2D eigenvalue weighted by Crippen LogP contribution is 2.49. The van der Waals surface area contributed by atoms with Crippen molar-refractivity contribution in [3.63, 3.8) is 0 Å². The Morgan fingerprint density at radius 1 is 1.17 bits per heavy atom. The zero-order chi connectivity index (χ0) is 17.3. The summed E-state index contributed by atoms with van der Waals surface area (Å²) < 4.78 is 0. The summed E-state index contributed by atoms with van der Waals surface area (Å²) in [7, 11) is 0. The third kappa shape index (κ3) is 3.55. The molecule has 2 amide bonds. The molecular weight excluding hydrogens is 292 g/mol. The Bertz CT molecular complexity index is 583. The van der Waals surface area contributed by atoms with E-state index in [9.17, 15) is 14.7 Å². The van der Waals surface area contributed by atoms with E-state index in [4.69, 9.17) is 0 Å². The predicted molar refractivity (Wildman–Crippen MR) is 88.6 cm³/mol. The standard InChI is InChI=1S/C18H26N2O3/c1-16(2)10-17(3,4)15(23)18(11-16,19-12-21)20-14(22)13-8-6-5-7-9-13/h5-9,12,15,23H,10-11H2,1-4H3,(H,19,21)(H,20,22). The molecule has 0 radical (unpaired) electrons. The van der Waals surface area contributed by atoms with Gasteiger partial charge in [0.1, 0.15) is 11.8 Å². The molecule has 1 fully saturated rings. The van der Waals surface area contributed by atoms with Crippen LogP contribution in [0.15, 0.2) is 30.3 Å². The summed E-state index contributed by atoms with van der Waals surface area (Å²) in [5, 5.41) is 16.4. The maximum Gasteiger partial charge on any atom is 0.253 e. The molecule has 1 saturated carbocycles. The average molecular weight is 318 g/mol. The van der Waals surface area contributed by atoms with Crippen molar-refractivity contribution >= 4 is 12.3 Å². The first-order chi connectivity index (χ1) is 10.6. The summed E-state index contributed by atoms with van der Waals surface area (Å²) in [5.41, 5.74) is -1.27. The summed E-state index contributed by atoms with van der Waals surface area (Å²) >= 11 is 0. The van der Waals surface area contributed by atoms with Crippen LogP contribution >= 0.6 is 0 Å². The molecule has 3 N–H and O–H groups in total. The third-order valence-corrected chi connectivity index (χ3v) is 4.59. The lowest BCUT2D eigenvalue weighted by molar-refractivity contribution is -0.130. The van der Waals surface area contributed by atoms with Crippen molar-refractivity contribution in [1.29, 1.82) is 0 Å². The molecule has 126 valence electrons. The quantitative estimate of drug-likeness (QED) is 0.587. The van der Waals surface area contributed by atoms with Gasteiger partial charge in [-0.25, -0.2) is 0 Å². The van der Waals surface area contributed by atoms with Crippen molar-refractivity contribution in [2.24, 2.45) is 10.8 Å². The second-order valence-electron chi connectivity index (χ2n) is 7.96. The van der Waals surface area contributed by atoms with Gasteiger partial charge in [0.05, 0.1) is 0 Å². The van der Waals surface area contributed by atoms with Gasteiger partial charge in [-0.1, -0.05) is 45.9 Å². The molecule has 5 heteroatoms. The Morgan fingerprint density at radius 3 is 2.35 bits per heavy atom. The van der Waals surface area contributed by atoms with Gasteiger partial charge in [-0.3, -0.25) is 9.59 Å². The monoisotopic (exact) mass is 318 g/mol. The van der Waals surface area contributed by atoms with Gasteiger partial charge in [0.2, 0.25) is 6.41 Å². The molecule has 2 rings (SSSR count).